The number of carboxylic acid groups (broad SMARTS) is 1. The normalized spacial score (nSPS) is 9.93. The van der Waals surface area contributed by atoms with Crippen LogP contribution in [0.2, 0.25) is 0 Å². The molecular weight excluding hydrogens is 188 g/mol. The van der Waals surface area contributed by atoms with E-state index in [1.165, 1.54) is 0 Å². The fraction of sp³-hybridized carbons (Fsp3) is 0.750. The Morgan fingerprint density at radius 3 is 2.21 bits per heavy atom. The zero-order chi connectivity index (χ0) is 10.5. The molecule has 0 aromatic carbocycles. The lowest BCUT2D eigenvalue weighted by Crippen LogP contribution is -2.35. The summed E-state index contributed by atoms with van der Waals surface area (Å²) in [5.41, 5.74) is -0.564. The molecule has 0 unspecified atom stereocenters. The molecule has 14 heavy (non-hydrogen) atoms. The molecule has 0 heterocycles. The predicted octanol–water partition coefficient (Wildman–Crippen LogP) is 0.0273. The van der Waals surface area contributed by atoms with Crippen LogP contribution >= 0.6 is 0 Å². The first-order valence-corrected chi connectivity index (χ1v) is 3.98. The van der Waals surface area contributed by atoms with Gasteiger partial charge in [-0.3, -0.25) is 0 Å². The lowest BCUT2D eigenvalue weighted by molar-refractivity contribution is -0.305. The summed E-state index contributed by atoms with van der Waals surface area (Å²) in [5.74, 6) is -1.20. The zero-order valence-corrected chi connectivity index (χ0v) is 9.05. The van der Waals surface area contributed by atoms with Crippen LogP contribution in [-0.4, -0.2) is 24.2 Å². The molecule has 0 radical (unpaired) electrons. The quantitative estimate of drug-likeness (QED) is 0.677. The van der Waals surface area contributed by atoms with Crippen molar-refractivity contribution in [2.24, 2.45) is 0 Å². The SMILES string of the molecule is CC(C)(C)OC(=O)NCCC(=O)[O-].[NH4+]. The largest absolute Gasteiger partial charge is 0.550 e. The third-order valence-electron chi connectivity index (χ3n) is 0.997. The second-order valence-electron chi connectivity index (χ2n) is 3.55. The Hall–Kier alpha value is -1.30. The Balaban J connectivity index is 0. The van der Waals surface area contributed by atoms with Gasteiger partial charge >= 0.3 is 6.09 Å². The summed E-state index contributed by atoms with van der Waals surface area (Å²) in [6, 6.07) is 0. The highest BCUT2D eigenvalue weighted by Gasteiger charge is 2.15. The van der Waals surface area contributed by atoms with Crippen molar-refractivity contribution in [3.8, 4) is 0 Å². The number of ether oxygens (including phenoxy) is 1. The van der Waals surface area contributed by atoms with E-state index in [-0.39, 0.29) is 19.1 Å². The van der Waals surface area contributed by atoms with Crippen molar-refractivity contribution in [1.82, 2.24) is 11.5 Å². The van der Waals surface area contributed by atoms with Crippen LogP contribution in [0.5, 0.6) is 0 Å². The van der Waals surface area contributed by atoms with Crippen molar-refractivity contribution in [2.45, 2.75) is 32.8 Å². The van der Waals surface area contributed by atoms with Gasteiger partial charge in [-0.2, -0.15) is 0 Å². The molecule has 0 aliphatic heterocycles. The first-order valence-electron chi connectivity index (χ1n) is 3.98. The number of carbonyl (C=O) groups is 2. The number of rotatable bonds is 3. The highest BCUT2D eigenvalue weighted by atomic mass is 16.6. The standard InChI is InChI=1S/C8H15NO4.H3N/c1-8(2,3)13-7(12)9-5-4-6(10)11;/h4-5H2,1-3H3,(H,9,12)(H,10,11);1H3. The van der Waals surface area contributed by atoms with Crippen LogP contribution in [0.25, 0.3) is 0 Å². The van der Waals surface area contributed by atoms with Gasteiger partial charge in [-0.1, -0.05) is 0 Å². The van der Waals surface area contributed by atoms with Gasteiger partial charge in [0, 0.05) is 18.9 Å². The number of quaternary nitrogens is 1. The molecule has 6 heteroatoms. The number of aliphatic carboxylic acids is 1. The van der Waals surface area contributed by atoms with Crippen molar-refractivity contribution in [3.63, 3.8) is 0 Å². The van der Waals surface area contributed by atoms with E-state index in [2.05, 4.69) is 5.32 Å². The van der Waals surface area contributed by atoms with E-state index < -0.39 is 17.7 Å². The van der Waals surface area contributed by atoms with E-state index in [0.29, 0.717) is 0 Å². The minimum atomic E-state index is -1.20. The second kappa shape index (κ2) is 6.20. The van der Waals surface area contributed by atoms with Gasteiger partial charge < -0.3 is 26.1 Å². The molecule has 0 fully saturated rings. The molecule has 0 aromatic heterocycles. The van der Waals surface area contributed by atoms with Gasteiger partial charge in [0.15, 0.2) is 0 Å². The van der Waals surface area contributed by atoms with Crippen LogP contribution in [0.15, 0.2) is 0 Å². The summed E-state index contributed by atoms with van der Waals surface area (Å²) < 4.78 is 4.86. The van der Waals surface area contributed by atoms with Crippen LogP contribution < -0.4 is 16.6 Å². The van der Waals surface area contributed by atoms with Crippen LogP contribution in [0.4, 0.5) is 4.79 Å². The smallest absolute Gasteiger partial charge is 0.407 e. The van der Waals surface area contributed by atoms with Gasteiger partial charge in [-0.25, -0.2) is 4.79 Å². The van der Waals surface area contributed by atoms with Gasteiger partial charge in [0.25, 0.3) is 0 Å². The number of hydrogen-bond donors (Lipinski definition) is 2. The summed E-state index contributed by atoms with van der Waals surface area (Å²) in [6.07, 6.45) is -0.826. The molecule has 5 N–H and O–H groups in total. The summed E-state index contributed by atoms with van der Waals surface area (Å²) >= 11 is 0. The minimum absolute atomic E-state index is 0. The molecule has 0 aliphatic carbocycles. The topological polar surface area (TPSA) is 115 Å². The number of carboxylic acids is 1. The van der Waals surface area contributed by atoms with E-state index in [1.54, 1.807) is 20.8 Å². The molecule has 0 bridgehead atoms. The van der Waals surface area contributed by atoms with Crippen LogP contribution in [0.1, 0.15) is 27.2 Å². The molecule has 6 nitrogen and oxygen atoms in total. The molecule has 0 aromatic rings. The van der Waals surface area contributed by atoms with Gasteiger partial charge in [0.1, 0.15) is 5.60 Å². The lowest BCUT2D eigenvalue weighted by atomic mass is 10.2. The number of nitrogens with one attached hydrogen (secondary N) is 1. The van der Waals surface area contributed by atoms with E-state index in [1.807, 2.05) is 0 Å². The summed E-state index contributed by atoms with van der Waals surface area (Å²) in [7, 11) is 0. The van der Waals surface area contributed by atoms with Gasteiger partial charge in [-0.15, -0.1) is 0 Å². The molecule has 0 atom stereocenters. The molecule has 0 saturated carbocycles. The number of carbonyl (C=O) groups excluding carboxylic acids is 2. The van der Waals surface area contributed by atoms with E-state index in [9.17, 15) is 14.7 Å². The Morgan fingerprint density at radius 2 is 1.86 bits per heavy atom. The molecule has 1 amide bonds. The summed E-state index contributed by atoms with van der Waals surface area (Å²) in [5, 5.41) is 12.3. The average Bonchev–Trinajstić information content (AvgIpc) is 1.81. The number of amides is 1. The number of hydrogen-bond acceptors (Lipinski definition) is 4. The maximum atomic E-state index is 10.9. The first-order chi connectivity index (χ1) is 5.81. The molecule has 0 spiro atoms. The molecule has 0 saturated heterocycles. The third-order valence-corrected chi connectivity index (χ3v) is 0.997. The third kappa shape index (κ3) is 10.7. The highest BCUT2D eigenvalue weighted by Crippen LogP contribution is 2.05. The Kier molecular flexibility index (Phi) is 6.72. The molecule has 0 rings (SSSR count). The summed E-state index contributed by atoms with van der Waals surface area (Å²) in [6.45, 7) is 5.21. The molecular formula is C8H18N2O4. The second-order valence-corrected chi connectivity index (χ2v) is 3.55. The zero-order valence-electron chi connectivity index (χ0n) is 9.05. The fourth-order valence-corrected chi connectivity index (χ4v) is 0.581. The van der Waals surface area contributed by atoms with Crippen LogP contribution in [0.3, 0.4) is 0 Å². The number of alkyl carbamates (subject to hydrolysis) is 1. The Labute approximate surface area is 83.2 Å². The van der Waals surface area contributed by atoms with Gasteiger partial charge in [0.2, 0.25) is 0 Å². The van der Waals surface area contributed by atoms with Crippen molar-refractivity contribution in [3.05, 3.63) is 0 Å². The van der Waals surface area contributed by atoms with Crippen LogP contribution in [-0.2, 0) is 9.53 Å². The Morgan fingerprint density at radius 1 is 1.36 bits per heavy atom. The fourth-order valence-electron chi connectivity index (χ4n) is 0.581. The van der Waals surface area contributed by atoms with Crippen LogP contribution in [0, 0.1) is 0 Å². The maximum absolute atomic E-state index is 10.9. The first kappa shape index (κ1) is 15.2. The maximum Gasteiger partial charge on any atom is 0.407 e. The van der Waals surface area contributed by atoms with E-state index >= 15 is 0 Å². The highest BCUT2D eigenvalue weighted by molar-refractivity contribution is 5.69. The molecule has 84 valence electrons. The van der Waals surface area contributed by atoms with E-state index in [4.69, 9.17) is 4.74 Å². The van der Waals surface area contributed by atoms with Crippen molar-refractivity contribution in [1.29, 1.82) is 0 Å². The van der Waals surface area contributed by atoms with E-state index in [0.717, 1.165) is 0 Å². The Bertz CT molecular complexity index is 198. The van der Waals surface area contributed by atoms with Crippen molar-refractivity contribution < 1.29 is 19.4 Å². The monoisotopic (exact) mass is 206 g/mol. The molecule has 0 aliphatic rings. The lowest BCUT2D eigenvalue weighted by Gasteiger charge is -2.19. The summed E-state index contributed by atoms with van der Waals surface area (Å²) in [4.78, 5) is 20.9. The van der Waals surface area contributed by atoms with Gasteiger partial charge in [0.05, 0.1) is 0 Å². The van der Waals surface area contributed by atoms with Gasteiger partial charge in [-0.05, 0) is 20.8 Å². The minimum Gasteiger partial charge on any atom is -0.550 e. The van der Waals surface area contributed by atoms with Crippen molar-refractivity contribution >= 4 is 12.1 Å². The van der Waals surface area contributed by atoms with Crippen molar-refractivity contribution in [2.75, 3.05) is 6.54 Å². The average molecular weight is 206 g/mol. The predicted molar refractivity (Wildman–Crippen MR) is 49.8 cm³/mol.